The SMILES string of the molecule is Nc1cccc2c(COc3ccc(Cl)cc3)c[nH]c12. The molecule has 0 aliphatic rings. The van der Waals surface area contributed by atoms with E-state index in [-0.39, 0.29) is 0 Å². The highest BCUT2D eigenvalue weighted by atomic mass is 35.5. The van der Waals surface area contributed by atoms with Gasteiger partial charge in [-0.25, -0.2) is 0 Å². The first-order valence-electron chi connectivity index (χ1n) is 5.97. The van der Waals surface area contributed by atoms with E-state index in [1.807, 2.05) is 48.7 Å². The number of nitrogen functional groups attached to an aromatic ring is 1. The van der Waals surface area contributed by atoms with E-state index in [1.165, 1.54) is 0 Å². The van der Waals surface area contributed by atoms with Gasteiger partial charge in [-0.05, 0) is 30.3 Å². The van der Waals surface area contributed by atoms with Gasteiger partial charge >= 0.3 is 0 Å². The van der Waals surface area contributed by atoms with E-state index in [1.54, 1.807) is 0 Å². The maximum Gasteiger partial charge on any atom is 0.119 e. The third kappa shape index (κ3) is 2.37. The predicted octanol–water partition coefficient (Wildman–Crippen LogP) is 3.98. The van der Waals surface area contributed by atoms with Gasteiger partial charge in [0, 0.05) is 22.2 Å². The highest BCUT2D eigenvalue weighted by Crippen LogP contribution is 2.24. The lowest BCUT2D eigenvalue weighted by Gasteiger charge is -2.05. The first kappa shape index (κ1) is 11.9. The molecule has 0 spiro atoms. The lowest BCUT2D eigenvalue weighted by Crippen LogP contribution is -1.94. The molecule has 2 aromatic carbocycles. The fraction of sp³-hybridized carbons (Fsp3) is 0.0667. The molecule has 0 unspecified atom stereocenters. The van der Waals surface area contributed by atoms with Crippen LogP contribution in [0.1, 0.15) is 5.56 Å². The van der Waals surface area contributed by atoms with Crippen LogP contribution in [0.25, 0.3) is 10.9 Å². The minimum absolute atomic E-state index is 0.491. The van der Waals surface area contributed by atoms with Crippen LogP contribution >= 0.6 is 11.6 Å². The largest absolute Gasteiger partial charge is 0.489 e. The summed E-state index contributed by atoms with van der Waals surface area (Å²) in [4.78, 5) is 3.18. The Balaban J connectivity index is 1.82. The Hall–Kier alpha value is -2.13. The molecule has 1 heterocycles. The number of benzene rings is 2. The molecular weight excluding hydrogens is 260 g/mol. The highest BCUT2D eigenvalue weighted by Gasteiger charge is 2.06. The standard InChI is InChI=1S/C15H13ClN2O/c16-11-4-6-12(7-5-11)19-9-10-8-18-15-13(10)2-1-3-14(15)17/h1-8,18H,9,17H2. The quantitative estimate of drug-likeness (QED) is 0.709. The van der Waals surface area contributed by atoms with Crippen molar-refractivity contribution in [2.45, 2.75) is 6.61 Å². The maximum atomic E-state index is 5.91. The zero-order valence-corrected chi connectivity index (χ0v) is 10.9. The van der Waals surface area contributed by atoms with E-state index in [2.05, 4.69) is 4.98 Å². The lowest BCUT2D eigenvalue weighted by atomic mass is 10.1. The zero-order chi connectivity index (χ0) is 13.2. The van der Waals surface area contributed by atoms with E-state index < -0.39 is 0 Å². The summed E-state index contributed by atoms with van der Waals surface area (Å²) in [6, 6.07) is 13.2. The van der Waals surface area contributed by atoms with Crippen LogP contribution in [0.3, 0.4) is 0 Å². The van der Waals surface area contributed by atoms with E-state index in [0.29, 0.717) is 11.6 Å². The van der Waals surface area contributed by atoms with Gasteiger partial charge in [-0.2, -0.15) is 0 Å². The molecule has 3 nitrogen and oxygen atoms in total. The van der Waals surface area contributed by atoms with Gasteiger partial charge in [-0.15, -0.1) is 0 Å². The van der Waals surface area contributed by atoms with Crippen molar-refractivity contribution in [1.82, 2.24) is 4.98 Å². The fourth-order valence-electron chi connectivity index (χ4n) is 2.05. The van der Waals surface area contributed by atoms with Gasteiger partial charge in [0.2, 0.25) is 0 Å². The van der Waals surface area contributed by atoms with E-state index in [4.69, 9.17) is 22.1 Å². The van der Waals surface area contributed by atoms with Crippen molar-refractivity contribution in [3.8, 4) is 5.75 Å². The van der Waals surface area contributed by atoms with E-state index in [0.717, 1.165) is 27.9 Å². The van der Waals surface area contributed by atoms with Crippen LogP contribution in [-0.4, -0.2) is 4.98 Å². The summed E-state index contributed by atoms with van der Waals surface area (Å²) in [5, 5.41) is 1.79. The van der Waals surface area contributed by atoms with Crippen LogP contribution in [0.4, 0.5) is 5.69 Å². The summed E-state index contributed by atoms with van der Waals surface area (Å²) in [7, 11) is 0. The number of nitrogens with two attached hydrogens (primary N) is 1. The Morgan fingerprint density at radius 2 is 1.89 bits per heavy atom. The minimum Gasteiger partial charge on any atom is -0.489 e. The third-order valence-corrected chi connectivity index (χ3v) is 3.29. The number of hydrogen-bond donors (Lipinski definition) is 2. The van der Waals surface area contributed by atoms with Crippen molar-refractivity contribution >= 4 is 28.2 Å². The first-order chi connectivity index (χ1) is 9.24. The van der Waals surface area contributed by atoms with Crippen molar-refractivity contribution in [3.05, 3.63) is 59.2 Å². The smallest absolute Gasteiger partial charge is 0.119 e. The molecule has 3 aromatic rings. The molecule has 0 saturated heterocycles. The van der Waals surface area contributed by atoms with Crippen molar-refractivity contribution in [2.24, 2.45) is 0 Å². The average molecular weight is 273 g/mol. The van der Waals surface area contributed by atoms with Crippen LogP contribution in [0.15, 0.2) is 48.7 Å². The average Bonchev–Trinajstić information content (AvgIpc) is 2.83. The van der Waals surface area contributed by atoms with Gasteiger partial charge in [0.05, 0.1) is 11.2 Å². The number of ether oxygens (including phenoxy) is 1. The number of H-pyrrole nitrogens is 1. The Morgan fingerprint density at radius 1 is 1.11 bits per heavy atom. The Bertz CT molecular complexity index is 704. The Kier molecular flexibility index (Phi) is 3.05. The third-order valence-electron chi connectivity index (χ3n) is 3.04. The molecule has 0 aliphatic carbocycles. The molecule has 0 saturated carbocycles. The van der Waals surface area contributed by atoms with Crippen LogP contribution in [0, 0.1) is 0 Å². The second-order valence-electron chi connectivity index (χ2n) is 4.33. The number of hydrogen-bond acceptors (Lipinski definition) is 2. The summed E-state index contributed by atoms with van der Waals surface area (Å²) in [6.45, 7) is 0.491. The summed E-state index contributed by atoms with van der Waals surface area (Å²) >= 11 is 5.83. The van der Waals surface area contributed by atoms with Gasteiger partial charge in [0.15, 0.2) is 0 Å². The number of fused-ring (bicyclic) bond motifs is 1. The van der Waals surface area contributed by atoms with Crippen LogP contribution in [-0.2, 0) is 6.61 Å². The molecule has 0 aliphatic heterocycles. The Labute approximate surface area is 116 Å². The molecule has 19 heavy (non-hydrogen) atoms. The first-order valence-corrected chi connectivity index (χ1v) is 6.34. The zero-order valence-electron chi connectivity index (χ0n) is 10.2. The molecule has 4 heteroatoms. The number of halogens is 1. The van der Waals surface area contributed by atoms with E-state index >= 15 is 0 Å². The highest BCUT2D eigenvalue weighted by molar-refractivity contribution is 6.30. The number of aromatic nitrogens is 1. The summed E-state index contributed by atoms with van der Waals surface area (Å²) < 4.78 is 5.73. The van der Waals surface area contributed by atoms with Crippen molar-refractivity contribution in [3.63, 3.8) is 0 Å². The van der Waals surface area contributed by atoms with Gasteiger partial charge in [-0.1, -0.05) is 23.7 Å². The molecule has 0 amide bonds. The molecule has 0 atom stereocenters. The van der Waals surface area contributed by atoms with Crippen molar-refractivity contribution in [2.75, 3.05) is 5.73 Å². The fourth-order valence-corrected chi connectivity index (χ4v) is 2.17. The number of aromatic amines is 1. The minimum atomic E-state index is 0.491. The summed E-state index contributed by atoms with van der Waals surface area (Å²) in [5.74, 6) is 0.794. The van der Waals surface area contributed by atoms with Crippen molar-refractivity contribution < 1.29 is 4.74 Å². The number of para-hydroxylation sites is 1. The monoisotopic (exact) mass is 272 g/mol. The van der Waals surface area contributed by atoms with E-state index in [9.17, 15) is 0 Å². The topological polar surface area (TPSA) is 51.0 Å². The molecule has 3 N–H and O–H groups in total. The second-order valence-corrected chi connectivity index (χ2v) is 4.76. The lowest BCUT2D eigenvalue weighted by molar-refractivity contribution is 0.307. The second kappa shape index (κ2) is 4.86. The maximum absolute atomic E-state index is 5.91. The van der Waals surface area contributed by atoms with Gasteiger partial charge in [0.1, 0.15) is 12.4 Å². The summed E-state index contributed by atoms with van der Waals surface area (Å²) in [6.07, 6.45) is 1.93. The van der Waals surface area contributed by atoms with Gasteiger partial charge in [-0.3, -0.25) is 0 Å². The van der Waals surface area contributed by atoms with Gasteiger partial charge in [0.25, 0.3) is 0 Å². The normalized spacial score (nSPS) is 10.8. The van der Waals surface area contributed by atoms with Crippen LogP contribution in [0.5, 0.6) is 5.75 Å². The molecule has 0 radical (unpaired) electrons. The number of nitrogens with one attached hydrogen (secondary N) is 1. The number of anilines is 1. The molecule has 0 fully saturated rings. The van der Waals surface area contributed by atoms with Crippen molar-refractivity contribution in [1.29, 1.82) is 0 Å². The van der Waals surface area contributed by atoms with Crippen LogP contribution < -0.4 is 10.5 Å². The predicted molar refractivity (Wildman–Crippen MR) is 78.5 cm³/mol. The van der Waals surface area contributed by atoms with Crippen LogP contribution in [0.2, 0.25) is 5.02 Å². The molecule has 0 bridgehead atoms. The number of rotatable bonds is 3. The molecule has 1 aromatic heterocycles. The Morgan fingerprint density at radius 3 is 2.68 bits per heavy atom. The van der Waals surface area contributed by atoms with Gasteiger partial charge < -0.3 is 15.5 Å². The molecule has 96 valence electrons. The molecule has 3 rings (SSSR count). The molecular formula is C15H13ClN2O. The summed E-state index contributed by atoms with van der Waals surface area (Å²) in [5.41, 5.74) is 8.69.